The topological polar surface area (TPSA) is 52.0 Å². The highest BCUT2D eigenvalue weighted by Crippen LogP contribution is 2.28. The molecule has 0 spiro atoms. The maximum absolute atomic E-state index is 5.76. The molecule has 0 saturated carbocycles. The van der Waals surface area contributed by atoms with Gasteiger partial charge in [-0.2, -0.15) is 0 Å². The second-order valence-corrected chi connectivity index (χ2v) is 3.49. The van der Waals surface area contributed by atoms with E-state index >= 15 is 0 Å². The van der Waals surface area contributed by atoms with E-state index in [1.54, 1.807) is 0 Å². The zero-order valence-corrected chi connectivity index (χ0v) is 8.73. The molecule has 0 bridgehead atoms. The van der Waals surface area contributed by atoms with Crippen LogP contribution in [0.25, 0.3) is 11.3 Å². The van der Waals surface area contributed by atoms with Gasteiger partial charge in [0.2, 0.25) is 0 Å². The largest absolute Gasteiger partial charge is 0.381 e. The molecule has 3 heteroatoms. The standard InChI is InChI=1S/C12H14N2O/c1-2-6-10-11(15-14-12(10)13)9-7-4-3-5-8-9/h3-5,7-8H,2,6H2,1H3,(H2,13,14). The van der Waals surface area contributed by atoms with Crippen LogP contribution in [0.4, 0.5) is 5.82 Å². The molecule has 78 valence electrons. The summed E-state index contributed by atoms with van der Waals surface area (Å²) in [6.07, 6.45) is 1.94. The number of nitrogen functional groups attached to an aromatic ring is 1. The normalized spacial score (nSPS) is 10.5. The average Bonchev–Trinajstić information content (AvgIpc) is 2.63. The fourth-order valence-electron chi connectivity index (χ4n) is 1.63. The Labute approximate surface area is 88.9 Å². The van der Waals surface area contributed by atoms with Gasteiger partial charge in [-0.3, -0.25) is 0 Å². The van der Waals surface area contributed by atoms with E-state index < -0.39 is 0 Å². The first-order valence-electron chi connectivity index (χ1n) is 5.12. The van der Waals surface area contributed by atoms with Crippen molar-refractivity contribution in [1.29, 1.82) is 0 Å². The Hall–Kier alpha value is -1.77. The Kier molecular flexibility index (Phi) is 2.72. The van der Waals surface area contributed by atoms with Gasteiger partial charge in [0.25, 0.3) is 0 Å². The number of rotatable bonds is 3. The van der Waals surface area contributed by atoms with E-state index in [1.807, 2.05) is 30.3 Å². The predicted molar refractivity (Wildman–Crippen MR) is 60.3 cm³/mol. The van der Waals surface area contributed by atoms with Crippen LogP contribution < -0.4 is 5.73 Å². The van der Waals surface area contributed by atoms with Crippen LogP contribution in [0.3, 0.4) is 0 Å². The minimum absolute atomic E-state index is 0.510. The molecule has 0 atom stereocenters. The molecule has 0 fully saturated rings. The molecule has 1 aromatic carbocycles. The van der Waals surface area contributed by atoms with Gasteiger partial charge in [-0.1, -0.05) is 48.8 Å². The van der Waals surface area contributed by atoms with E-state index in [2.05, 4.69) is 12.1 Å². The fourth-order valence-corrected chi connectivity index (χ4v) is 1.63. The maximum Gasteiger partial charge on any atom is 0.172 e. The molecule has 2 aromatic rings. The molecule has 0 aliphatic rings. The van der Waals surface area contributed by atoms with E-state index in [0.717, 1.165) is 29.7 Å². The lowest BCUT2D eigenvalue weighted by atomic mass is 10.1. The number of nitrogens with two attached hydrogens (primary N) is 1. The van der Waals surface area contributed by atoms with Crippen molar-refractivity contribution in [3.8, 4) is 11.3 Å². The van der Waals surface area contributed by atoms with E-state index in [9.17, 15) is 0 Å². The van der Waals surface area contributed by atoms with Crippen LogP contribution in [0, 0.1) is 0 Å². The lowest BCUT2D eigenvalue weighted by Crippen LogP contribution is -1.92. The van der Waals surface area contributed by atoms with Crippen molar-refractivity contribution in [3.05, 3.63) is 35.9 Å². The molecular weight excluding hydrogens is 188 g/mol. The highest BCUT2D eigenvalue weighted by atomic mass is 16.5. The van der Waals surface area contributed by atoms with E-state index in [1.165, 1.54) is 0 Å². The third-order valence-corrected chi connectivity index (χ3v) is 2.35. The van der Waals surface area contributed by atoms with Gasteiger partial charge in [0.1, 0.15) is 0 Å². The SMILES string of the molecule is CCCc1c(N)noc1-c1ccccc1. The molecule has 2 rings (SSSR count). The van der Waals surface area contributed by atoms with Crippen LogP contribution in [0.1, 0.15) is 18.9 Å². The number of aromatic nitrogens is 1. The molecule has 2 N–H and O–H groups in total. The minimum atomic E-state index is 0.510. The van der Waals surface area contributed by atoms with E-state index in [0.29, 0.717) is 5.82 Å². The molecule has 0 amide bonds. The van der Waals surface area contributed by atoms with Gasteiger partial charge in [0, 0.05) is 11.1 Å². The third-order valence-electron chi connectivity index (χ3n) is 2.35. The highest BCUT2D eigenvalue weighted by molar-refractivity contribution is 5.65. The van der Waals surface area contributed by atoms with Gasteiger partial charge in [-0.15, -0.1) is 0 Å². The van der Waals surface area contributed by atoms with Gasteiger partial charge >= 0.3 is 0 Å². The summed E-state index contributed by atoms with van der Waals surface area (Å²) in [7, 11) is 0. The minimum Gasteiger partial charge on any atom is -0.381 e. The molecule has 15 heavy (non-hydrogen) atoms. The predicted octanol–water partition coefficient (Wildman–Crippen LogP) is 2.88. The van der Waals surface area contributed by atoms with Crippen LogP contribution in [-0.4, -0.2) is 5.16 Å². The first-order chi connectivity index (χ1) is 7.33. The molecule has 0 radical (unpaired) electrons. The number of hydrogen-bond acceptors (Lipinski definition) is 3. The number of anilines is 1. The smallest absolute Gasteiger partial charge is 0.172 e. The molecule has 0 aliphatic heterocycles. The van der Waals surface area contributed by atoms with E-state index in [4.69, 9.17) is 10.3 Å². The van der Waals surface area contributed by atoms with Gasteiger partial charge in [0.05, 0.1) is 0 Å². The summed E-state index contributed by atoms with van der Waals surface area (Å²) in [5.41, 5.74) is 7.81. The highest BCUT2D eigenvalue weighted by Gasteiger charge is 2.13. The lowest BCUT2D eigenvalue weighted by molar-refractivity contribution is 0.435. The Morgan fingerprint density at radius 1 is 1.27 bits per heavy atom. The average molecular weight is 202 g/mol. The zero-order chi connectivity index (χ0) is 10.7. The fraction of sp³-hybridized carbons (Fsp3) is 0.250. The van der Waals surface area contributed by atoms with Crippen molar-refractivity contribution in [2.75, 3.05) is 5.73 Å². The molecule has 3 nitrogen and oxygen atoms in total. The second kappa shape index (κ2) is 4.17. The number of hydrogen-bond donors (Lipinski definition) is 1. The molecule has 1 heterocycles. The monoisotopic (exact) mass is 202 g/mol. The van der Waals surface area contributed by atoms with Crippen molar-refractivity contribution in [2.45, 2.75) is 19.8 Å². The summed E-state index contributed by atoms with van der Waals surface area (Å²) >= 11 is 0. The zero-order valence-electron chi connectivity index (χ0n) is 8.73. The second-order valence-electron chi connectivity index (χ2n) is 3.49. The summed E-state index contributed by atoms with van der Waals surface area (Å²) in [4.78, 5) is 0. The Morgan fingerprint density at radius 2 is 2.00 bits per heavy atom. The number of benzene rings is 1. The van der Waals surface area contributed by atoms with Crippen molar-refractivity contribution in [1.82, 2.24) is 5.16 Å². The van der Waals surface area contributed by atoms with E-state index in [-0.39, 0.29) is 0 Å². The molecule has 0 aliphatic carbocycles. The van der Waals surface area contributed by atoms with Gasteiger partial charge in [-0.05, 0) is 6.42 Å². The van der Waals surface area contributed by atoms with Gasteiger partial charge in [0.15, 0.2) is 11.6 Å². The van der Waals surface area contributed by atoms with Gasteiger partial charge < -0.3 is 10.3 Å². The quantitative estimate of drug-likeness (QED) is 0.832. The third kappa shape index (κ3) is 1.86. The van der Waals surface area contributed by atoms with Gasteiger partial charge in [-0.25, -0.2) is 0 Å². The van der Waals surface area contributed by atoms with Crippen LogP contribution in [0.5, 0.6) is 0 Å². The van der Waals surface area contributed by atoms with Crippen LogP contribution in [0.15, 0.2) is 34.9 Å². The summed E-state index contributed by atoms with van der Waals surface area (Å²) in [5.74, 6) is 1.31. The maximum atomic E-state index is 5.76. The first-order valence-corrected chi connectivity index (χ1v) is 5.12. The first kappa shape index (κ1) is 9.77. The summed E-state index contributed by atoms with van der Waals surface area (Å²) in [6, 6.07) is 9.93. The van der Waals surface area contributed by atoms with Crippen LogP contribution in [0.2, 0.25) is 0 Å². The lowest BCUT2D eigenvalue weighted by Gasteiger charge is -1.99. The Balaban J connectivity index is 2.44. The van der Waals surface area contributed by atoms with Crippen molar-refractivity contribution in [2.24, 2.45) is 0 Å². The van der Waals surface area contributed by atoms with Crippen molar-refractivity contribution >= 4 is 5.82 Å². The Bertz CT molecular complexity index is 434. The summed E-state index contributed by atoms with van der Waals surface area (Å²) in [5, 5.41) is 3.81. The molecule has 0 unspecified atom stereocenters. The molecular formula is C12H14N2O. The Morgan fingerprint density at radius 3 is 2.67 bits per heavy atom. The van der Waals surface area contributed by atoms with Crippen LogP contribution >= 0.6 is 0 Å². The van der Waals surface area contributed by atoms with Crippen LogP contribution in [-0.2, 0) is 6.42 Å². The summed E-state index contributed by atoms with van der Waals surface area (Å²) < 4.78 is 5.26. The van der Waals surface area contributed by atoms with Crippen molar-refractivity contribution in [3.63, 3.8) is 0 Å². The molecule has 1 aromatic heterocycles. The number of nitrogens with zero attached hydrogens (tertiary/aromatic N) is 1. The molecule has 0 saturated heterocycles. The summed E-state index contributed by atoms with van der Waals surface area (Å²) in [6.45, 7) is 2.11. The van der Waals surface area contributed by atoms with Crippen molar-refractivity contribution < 1.29 is 4.52 Å².